The van der Waals surface area contributed by atoms with Gasteiger partial charge in [0.15, 0.2) is 5.69 Å². The van der Waals surface area contributed by atoms with E-state index in [0.717, 1.165) is 0 Å². The number of hydrogen-bond donors (Lipinski definition) is 0. The van der Waals surface area contributed by atoms with Crippen molar-refractivity contribution >= 4 is 23.0 Å². The van der Waals surface area contributed by atoms with Crippen LogP contribution in [0.5, 0.6) is 11.5 Å². The number of fused-ring (bicyclic) bond motifs is 1. The van der Waals surface area contributed by atoms with Crippen LogP contribution in [0.4, 0.5) is 0 Å². The number of benzene rings is 2. The second-order valence-electron chi connectivity index (χ2n) is 6.31. The van der Waals surface area contributed by atoms with E-state index in [1.807, 2.05) is 6.92 Å². The summed E-state index contributed by atoms with van der Waals surface area (Å²) in [5.74, 6) is -0.432. The highest BCUT2D eigenvalue weighted by Crippen LogP contribution is 2.20. The second kappa shape index (κ2) is 9.75. The first-order valence-electron chi connectivity index (χ1n) is 9.65. The van der Waals surface area contributed by atoms with Crippen LogP contribution in [-0.4, -0.2) is 37.2 Å². The zero-order valence-electron chi connectivity index (χ0n) is 17.4. The van der Waals surface area contributed by atoms with Crippen molar-refractivity contribution in [2.75, 3.05) is 20.3 Å². The van der Waals surface area contributed by atoms with Gasteiger partial charge in [-0.05, 0) is 50.2 Å². The molecule has 0 aliphatic carbocycles. The first kappa shape index (κ1) is 21.8. The SMILES string of the molecule is CCOC(=O)c1c(COC(=O)c2ccc(OC)cc2)nc2ccc(OCC)cc2[n+]1[O-]. The summed E-state index contributed by atoms with van der Waals surface area (Å²) in [7, 11) is 1.52. The molecule has 3 rings (SSSR count). The predicted molar refractivity (Wildman–Crippen MR) is 110 cm³/mol. The number of carbonyl (C=O) groups excluding carboxylic acids is 2. The van der Waals surface area contributed by atoms with Crippen LogP contribution in [0.25, 0.3) is 11.0 Å². The zero-order chi connectivity index (χ0) is 22.4. The topological polar surface area (TPSA) is 111 Å². The third-order valence-electron chi connectivity index (χ3n) is 4.34. The lowest BCUT2D eigenvalue weighted by Gasteiger charge is -2.12. The lowest BCUT2D eigenvalue weighted by atomic mass is 10.2. The van der Waals surface area contributed by atoms with Gasteiger partial charge in [0.2, 0.25) is 5.52 Å². The molecule has 0 unspecified atom stereocenters. The van der Waals surface area contributed by atoms with Gasteiger partial charge in [0, 0.05) is 0 Å². The van der Waals surface area contributed by atoms with Gasteiger partial charge >= 0.3 is 17.6 Å². The number of esters is 2. The Hall–Kier alpha value is -3.88. The molecule has 0 atom stereocenters. The van der Waals surface area contributed by atoms with Crippen molar-refractivity contribution < 1.29 is 33.3 Å². The molecule has 0 aliphatic heterocycles. The quantitative estimate of drug-likeness (QED) is 0.307. The second-order valence-corrected chi connectivity index (χ2v) is 6.31. The summed E-state index contributed by atoms with van der Waals surface area (Å²) in [5.41, 5.74) is 0.398. The van der Waals surface area contributed by atoms with Crippen molar-refractivity contribution in [3.63, 3.8) is 0 Å². The van der Waals surface area contributed by atoms with Crippen molar-refractivity contribution in [2.45, 2.75) is 20.5 Å². The summed E-state index contributed by atoms with van der Waals surface area (Å²) >= 11 is 0. The Morgan fingerprint density at radius 3 is 2.32 bits per heavy atom. The number of aromatic nitrogens is 2. The van der Waals surface area contributed by atoms with Gasteiger partial charge in [-0.15, -0.1) is 0 Å². The third-order valence-corrected chi connectivity index (χ3v) is 4.34. The average molecular weight is 426 g/mol. The minimum atomic E-state index is -0.857. The normalized spacial score (nSPS) is 10.5. The first-order chi connectivity index (χ1) is 15.0. The van der Waals surface area contributed by atoms with Gasteiger partial charge in [0.25, 0.3) is 0 Å². The van der Waals surface area contributed by atoms with Crippen molar-refractivity contribution in [1.29, 1.82) is 0 Å². The molecule has 162 valence electrons. The van der Waals surface area contributed by atoms with Gasteiger partial charge in [-0.3, -0.25) is 0 Å². The van der Waals surface area contributed by atoms with Crippen LogP contribution in [0.15, 0.2) is 42.5 Å². The third kappa shape index (κ3) is 4.82. The number of methoxy groups -OCH3 is 1. The van der Waals surface area contributed by atoms with Crippen LogP contribution < -0.4 is 14.2 Å². The molecular weight excluding hydrogens is 404 g/mol. The molecule has 0 aliphatic rings. The van der Waals surface area contributed by atoms with E-state index in [0.29, 0.717) is 28.4 Å². The zero-order valence-corrected chi connectivity index (χ0v) is 17.4. The van der Waals surface area contributed by atoms with E-state index in [1.165, 1.54) is 13.2 Å². The van der Waals surface area contributed by atoms with Crippen LogP contribution in [-0.2, 0) is 16.1 Å². The van der Waals surface area contributed by atoms with Crippen molar-refractivity contribution in [3.8, 4) is 11.5 Å². The lowest BCUT2D eigenvalue weighted by molar-refractivity contribution is -0.581. The van der Waals surface area contributed by atoms with Crippen LogP contribution in [0.1, 0.15) is 40.4 Å². The maximum atomic E-state index is 13.0. The van der Waals surface area contributed by atoms with Gasteiger partial charge in [-0.25, -0.2) is 14.6 Å². The van der Waals surface area contributed by atoms with Gasteiger partial charge in [0.05, 0.1) is 32.0 Å². The van der Waals surface area contributed by atoms with Crippen LogP contribution in [0, 0.1) is 5.21 Å². The van der Waals surface area contributed by atoms with Gasteiger partial charge in [-0.2, -0.15) is 4.73 Å². The van der Waals surface area contributed by atoms with E-state index in [9.17, 15) is 14.8 Å². The highest BCUT2D eigenvalue weighted by atomic mass is 16.5. The minimum absolute atomic E-state index is 0.00743. The molecule has 0 saturated carbocycles. The Morgan fingerprint density at radius 2 is 1.68 bits per heavy atom. The molecule has 0 radical (unpaired) electrons. The average Bonchev–Trinajstić information content (AvgIpc) is 2.78. The smallest absolute Gasteiger partial charge is 0.407 e. The monoisotopic (exact) mass is 426 g/mol. The lowest BCUT2D eigenvalue weighted by Crippen LogP contribution is -2.39. The fraction of sp³-hybridized carbons (Fsp3) is 0.273. The molecule has 0 bridgehead atoms. The van der Waals surface area contributed by atoms with E-state index in [1.54, 1.807) is 43.3 Å². The minimum Gasteiger partial charge on any atom is -0.618 e. The fourth-order valence-corrected chi connectivity index (χ4v) is 2.90. The van der Waals surface area contributed by atoms with Crippen LogP contribution in [0.2, 0.25) is 0 Å². The van der Waals surface area contributed by atoms with Gasteiger partial charge in [-0.1, -0.05) is 0 Å². The van der Waals surface area contributed by atoms with E-state index in [4.69, 9.17) is 18.9 Å². The Labute approximate surface area is 178 Å². The molecule has 0 fully saturated rings. The summed E-state index contributed by atoms with van der Waals surface area (Å²) in [6, 6.07) is 11.1. The Kier molecular flexibility index (Phi) is 6.86. The molecule has 9 nitrogen and oxygen atoms in total. The molecule has 9 heteroatoms. The summed E-state index contributed by atoms with van der Waals surface area (Å²) in [4.78, 5) is 29.2. The largest absolute Gasteiger partial charge is 0.618 e. The van der Waals surface area contributed by atoms with E-state index in [-0.39, 0.29) is 35.7 Å². The summed E-state index contributed by atoms with van der Waals surface area (Å²) in [5, 5.41) is 13.0. The Morgan fingerprint density at radius 1 is 0.968 bits per heavy atom. The molecule has 0 saturated heterocycles. The maximum absolute atomic E-state index is 13.0. The van der Waals surface area contributed by atoms with Crippen molar-refractivity contribution in [3.05, 3.63) is 64.6 Å². The van der Waals surface area contributed by atoms with E-state index >= 15 is 0 Å². The number of carbonyl (C=O) groups is 2. The molecule has 1 heterocycles. The Bertz CT molecular complexity index is 1100. The maximum Gasteiger partial charge on any atom is 0.407 e. The molecule has 0 amide bonds. The number of ether oxygens (including phenoxy) is 4. The number of hydrogen-bond acceptors (Lipinski definition) is 8. The fourth-order valence-electron chi connectivity index (χ4n) is 2.90. The first-order valence-corrected chi connectivity index (χ1v) is 9.65. The highest BCUT2D eigenvalue weighted by Gasteiger charge is 2.28. The highest BCUT2D eigenvalue weighted by molar-refractivity contribution is 5.90. The van der Waals surface area contributed by atoms with E-state index in [2.05, 4.69) is 4.98 Å². The molecule has 1 aromatic heterocycles. The summed E-state index contributed by atoms with van der Waals surface area (Å²) < 4.78 is 21.2. The predicted octanol–water partition coefficient (Wildman–Crippen LogP) is 2.81. The van der Waals surface area contributed by atoms with Crippen molar-refractivity contribution in [1.82, 2.24) is 4.98 Å². The molecular formula is C22H22N2O7. The molecule has 0 N–H and O–H groups in total. The number of rotatable bonds is 8. The van der Waals surface area contributed by atoms with Crippen molar-refractivity contribution in [2.24, 2.45) is 0 Å². The standard InChI is InChI=1S/C22H22N2O7/c1-4-29-16-10-11-17-19(12-16)24(27)20(22(26)30-5-2)18(23-17)13-31-21(25)14-6-8-15(28-3)9-7-14/h6-12H,4-5,13H2,1-3H3. The van der Waals surface area contributed by atoms with E-state index < -0.39 is 11.9 Å². The molecule has 31 heavy (non-hydrogen) atoms. The summed E-state index contributed by atoms with van der Waals surface area (Å²) in [6.45, 7) is 3.54. The molecule has 3 aromatic rings. The van der Waals surface area contributed by atoms with Crippen LogP contribution in [0.3, 0.4) is 0 Å². The van der Waals surface area contributed by atoms with Gasteiger partial charge < -0.3 is 24.2 Å². The molecule has 2 aromatic carbocycles. The van der Waals surface area contributed by atoms with Gasteiger partial charge in [0.1, 0.15) is 23.6 Å². The Balaban J connectivity index is 1.95. The number of nitrogens with zero attached hydrogens (tertiary/aromatic N) is 2. The van der Waals surface area contributed by atoms with Crippen LogP contribution >= 0.6 is 0 Å². The summed E-state index contributed by atoms with van der Waals surface area (Å²) in [6.07, 6.45) is 0. The molecule has 0 spiro atoms.